The second-order valence-corrected chi connectivity index (χ2v) is 9.63. The van der Waals surface area contributed by atoms with Gasteiger partial charge in [0.05, 0.1) is 20.6 Å². The molecule has 0 bridgehead atoms. The molecule has 2 nitrogen and oxygen atoms in total. The molecule has 0 radical (unpaired) electrons. The first-order valence-electron chi connectivity index (χ1n) is 12.1. The van der Waals surface area contributed by atoms with Crippen LogP contribution in [-0.4, -0.2) is 41.8 Å². The lowest BCUT2D eigenvalue weighted by atomic mass is 10.0. The van der Waals surface area contributed by atoms with Crippen LogP contribution >= 0.6 is 11.6 Å². The number of hydrogen-bond acceptors (Lipinski definition) is 1. The molecule has 0 saturated carbocycles. The van der Waals surface area contributed by atoms with E-state index in [-0.39, 0.29) is 11.6 Å². The van der Waals surface area contributed by atoms with Gasteiger partial charge in [0.1, 0.15) is 6.10 Å². The minimum Gasteiger partial charge on any atom is -0.385 e. The topological polar surface area (TPSA) is 20.2 Å². The van der Waals surface area contributed by atoms with E-state index in [0.717, 1.165) is 30.3 Å². The Kier molecular flexibility index (Phi) is 18.4. The van der Waals surface area contributed by atoms with Crippen LogP contribution in [-0.2, 0) is 0 Å². The zero-order chi connectivity index (χ0) is 20.4. The highest BCUT2D eigenvalue weighted by Crippen LogP contribution is 2.21. The van der Waals surface area contributed by atoms with Crippen molar-refractivity contribution in [2.75, 3.05) is 20.6 Å². The maximum absolute atomic E-state index is 10.3. The van der Waals surface area contributed by atoms with Crippen molar-refractivity contribution < 1.29 is 9.59 Å². The van der Waals surface area contributed by atoms with Gasteiger partial charge in [-0.2, -0.15) is 0 Å². The third-order valence-corrected chi connectivity index (χ3v) is 6.75. The molecule has 0 saturated heterocycles. The van der Waals surface area contributed by atoms with Crippen LogP contribution in [0.3, 0.4) is 0 Å². The molecule has 0 rings (SSSR count). The van der Waals surface area contributed by atoms with Crippen LogP contribution < -0.4 is 0 Å². The monoisotopic (exact) mass is 404 g/mol. The van der Waals surface area contributed by atoms with Crippen molar-refractivity contribution in [2.24, 2.45) is 0 Å². The van der Waals surface area contributed by atoms with E-state index in [1.807, 2.05) is 0 Å². The number of aliphatic hydroxyl groups excluding tert-OH is 1. The van der Waals surface area contributed by atoms with Gasteiger partial charge in [0.15, 0.2) is 5.50 Å². The van der Waals surface area contributed by atoms with E-state index in [0.29, 0.717) is 0 Å². The van der Waals surface area contributed by atoms with Gasteiger partial charge < -0.3 is 9.59 Å². The summed E-state index contributed by atoms with van der Waals surface area (Å²) in [5.74, 6) is 0. The maximum Gasteiger partial charge on any atom is 0.190 e. The Morgan fingerprint density at radius 2 is 1.00 bits per heavy atom. The lowest BCUT2D eigenvalue weighted by Crippen LogP contribution is -2.52. The van der Waals surface area contributed by atoms with E-state index in [9.17, 15) is 5.11 Å². The van der Waals surface area contributed by atoms with Crippen molar-refractivity contribution >= 4 is 11.6 Å². The number of hydrogen-bond donors (Lipinski definition) is 1. The molecule has 27 heavy (non-hydrogen) atoms. The molecule has 0 aromatic heterocycles. The summed E-state index contributed by atoms with van der Waals surface area (Å²) in [6.45, 7) is 5.51. The Balaban J connectivity index is 3.49. The van der Waals surface area contributed by atoms with Crippen molar-refractivity contribution in [3.05, 3.63) is 0 Å². The summed E-state index contributed by atoms with van der Waals surface area (Å²) >= 11 is 6.54. The smallest absolute Gasteiger partial charge is 0.190 e. The van der Waals surface area contributed by atoms with Crippen LogP contribution in [0, 0.1) is 0 Å². The van der Waals surface area contributed by atoms with Gasteiger partial charge in [-0.15, -0.1) is 0 Å². The number of likely N-dealkylation sites (N-methyl/N-ethyl adjacent to an activating group) is 1. The second kappa shape index (κ2) is 18.3. The number of alkyl halides is 1. The predicted octanol–water partition coefficient (Wildman–Crippen LogP) is 7.66. The van der Waals surface area contributed by atoms with Crippen LogP contribution in [0.1, 0.15) is 123 Å². The van der Waals surface area contributed by atoms with Gasteiger partial charge in [-0.25, -0.2) is 0 Å². The average molecular weight is 405 g/mol. The standard InChI is InChI=1S/C24H51ClNO/c1-5-7-9-10-11-12-13-14-15-16-17-18-19-20-22-26(3,4)24(25)23(27)21-8-6-2/h23-24,27H,5-22H2,1-4H3/q+1. The largest absolute Gasteiger partial charge is 0.385 e. The quantitative estimate of drug-likeness (QED) is 0.0954. The highest BCUT2D eigenvalue weighted by atomic mass is 35.5. The van der Waals surface area contributed by atoms with Crippen LogP contribution in [0.2, 0.25) is 0 Å². The first-order chi connectivity index (χ1) is 13.0. The van der Waals surface area contributed by atoms with E-state index in [4.69, 9.17) is 11.6 Å². The second-order valence-electron chi connectivity index (χ2n) is 9.18. The third kappa shape index (κ3) is 15.8. The molecule has 0 aliphatic heterocycles. The van der Waals surface area contributed by atoms with Gasteiger partial charge in [0.2, 0.25) is 0 Å². The fraction of sp³-hybridized carbons (Fsp3) is 1.00. The van der Waals surface area contributed by atoms with Crippen LogP contribution in [0.25, 0.3) is 0 Å². The molecule has 0 spiro atoms. The first kappa shape index (κ1) is 27.2. The molecule has 0 aliphatic carbocycles. The highest BCUT2D eigenvalue weighted by Gasteiger charge is 2.31. The molecule has 1 N–H and O–H groups in total. The number of halogens is 1. The summed E-state index contributed by atoms with van der Waals surface area (Å²) in [5.41, 5.74) is -0.182. The summed E-state index contributed by atoms with van der Waals surface area (Å²) in [7, 11) is 4.32. The van der Waals surface area contributed by atoms with Gasteiger partial charge >= 0.3 is 0 Å². The summed E-state index contributed by atoms with van der Waals surface area (Å²) < 4.78 is 0.727. The van der Waals surface area contributed by atoms with Gasteiger partial charge in [-0.05, 0) is 19.3 Å². The molecule has 0 amide bonds. The molecule has 164 valence electrons. The molecule has 2 atom stereocenters. The fourth-order valence-electron chi connectivity index (χ4n) is 3.85. The SMILES string of the molecule is CCCCCCCCCCCCCCCC[N+](C)(C)C(Cl)C(O)CCCC. The Bertz CT molecular complexity index is 309. The number of nitrogens with zero attached hydrogens (tertiary/aromatic N) is 1. The number of aliphatic hydroxyl groups is 1. The minimum atomic E-state index is -0.381. The Morgan fingerprint density at radius 1 is 0.630 bits per heavy atom. The van der Waals surface area contributed by atoms with Crippen molar-refractivity contribution in [3.8, 4) is 0 Å². The van der Waals surface area contributed by atoms with Crippen LogP contribution in [0.5, 0.6) is 0 Å². The predicted molar refractivity (Wildman–Crippen MR) is 122 cm³/mol. The number of quaternary nitrogens is 1. The summed E-state index contributed by atoms with van der Waals surface area (Å²) in [6.07, 6.45) is 22.1. The molecular formula is C24H51ClNO+. The van der Waals surface area contributed by atoms with E-state index >= 15 is 0 Å². The van der Waals surface area contributed by atoms with Crippen molar-refractivity contribution in [2.45, 2.75) is 135 Å². The van der Waals surface area contributed by atoms with Gasteiger partial charge in [0.25, 0.3) is 0 Å². The van der Waals surface area contributed by atoms with Crippen LogP contribution in [0.4, 0.5) is 0 Å². The lowest BCUT2D eigenvalue weighted by molar-refractivity contribution is -0.905. The summed E-state index contributed by atoms with van der Waals surface area (Å²) in [4.78, 5) is 0. The van der Waals surface area contributed by atoms with Crippen LogP contribution in [0.15, 0.2) is 0 Å². The zero-order valence-electron chi connectivity index (χ0n) is 19.2. The molecular weight excluding hydrogens is 354 g/mol. The molecule has 0 heterocycles. The molecule has 3 heteroatoms. The highest BCUT2D eigenvalue weighted by molar-refractivity contribution is 6.20. The maximum atomic E-state index is 10.3. The number of rotatable bonds is 20. The lowest BCUT2D eigenvalue weighted by Gasteiger charge is -2.36. The fourth-order valence-corrected chi connectivity index (χ4v) is 4.08. The minimum absolute atomic E-state index is 0.182. The molecule has 0 aromatic rings. The Labute approximate surface area is 176 Å². The van der Waals surface area contributed by atoms with E-state index in [1.165, 1.54) is 89.9 Å². The van der Waals surface area contributed by atoms with Crippen molar-refractivity contribution in [1.29, 1.82) is 0 Å². The average Bonchev–Trinajstić information content (AvgIpc) is 2.65. The van der Waals surface area contributed by atoms with Gasteiger partial charge in [-0.1, -0.05) is 115 Å². The number of unbranched alkanes of at least 4 members (excludes halogenated alkanes) is 14. The zero-order valence-corrected chi connectivity index (χ0v) is 19.9. The summed E-state index contributed by atoms with van der Waals surface area (Å²) in [5, 5.41) is 10.3. The van der Waals surface area contributed by atoms with E-state index in [1.54, 1.807) is 0 Å². The first-order valence-corrected chi connectivity index (χ1v) is 12.5. The Hall–Kier alpha value is 0.210. The van der Waals surface area contributed by atoms with Gasteiger partial charge in [0, 0.05) is 0 Å². The van der Waals surface area contributed by atoms with Crippen molar-refractivity contribution in [1.82, 2.24) is 0 Å². The van der Waals surface area contributed by atoms with Crippen molar-refractivity contribution in [3.63, 3.8) is 0 Å². The normalized spacial score (nSPS) is 14.4. The van der Waals surface area contributed by atoms with E-state index < -0.39 is 0 Å². The molecule has 2 unspecified atom stereocenters. The van der Waals surface area contributed by atoms with E-state index in [2.05, 4.69) is 27.9 Å². The molecule has 0 aromatic carbocycles. The molecule has 0 aliphatic rings. The third-order valence-electron chi connectivity index (χ3n) is 5.93. The van der Waals surface area contributed by atoms with Gasteiger partial charge in [-0.3, -0.25) is 0 Å². The molecule has 0 fully saturated rings. The Morgan fingerprint density at radius 3 is 1.41 bits per heavy atom. The summed E-state index contributed by atoms with van der Waals surface area (Å²) in [6, 6.07) is 0.